The maximum absolute atomic E-state index is 14.4. The average Bonchev–Trinajstić information content (AvgIpc) is 3.23. The monoisotopic (exact) mass is 850 g/mol. The molecule has 0 N–H and O–H groups in total. The number of halogens is 2. The van der Waals surface area contributed by atoms with E-state index in [0.717, 1.165) is 54.6 Å². The third-order valence-electron chi connectivity index (χ3n) is 11.2. The Labute approximate surface area is 336 Å². The summed E-state index contributed by atoms with van der Waals surface area (Å²) < 4.78 is 1.32. The second-order valence-electron chi connectivity index (χ2n) is 14.1. The molecule has 56 heavy (non-hydrogen) atoms. The number of hydrogen-bond acceptors (Lipinski definition) is 4. The fourth-order valence-electron chi connectivity index (χ4n) is 8.71. The molecule has 11 rings (SSSR count). The Balaban J connectivity index is 1.07. The van der Waals surface area contributed by atoms with Crippen LogP contribution < -0.4 is 9.80 Å². The molecule has 9 aromatic carbocycles. The molecule has 0 saturated heterocycles. The van der Waals surface area contributed by atoms with E-state index in [9.17, 15) is 19.2 Å². The van der Waals surface area contributed by atoms with Crippen molar-refractivity contribution < 1.29 is 19.2 Å². The van der Waals surface area contributed by atoms with Gasteiger partial charge in [0, 0.05) is 47.0 Å². The van der Waals surface area contributed by atoms with Gasteiger partial charge in [0.25, 0.3) is 23.6 Å². The van der Waals surface area contributed by atoms with Crippen LogP contribution in [0.3, 0.4) is 0 Å². The highest BCUT2D eigenvalue weighted by atomic mass is 79.9. The zero-order chi connectivity index (χ0) is 38.0. The summed E-state index contributed by atoms with van der Waals surface area (Å²) >= 11 is 7.65. The van der Waals surface area contributed by atoms with Crippen molar-refractivity contribution in [3.8, 4) is 22.3 Å². The van der Waals surface area contributed by atoms with Crippen LogP contribution in [0, 0.1) is 0 Å². The summed E-state index contributed by atoms with van der Waals surface area (Å²) in [7, 11) is 0. The molecular formula is C48H24Br2N2O4. The molecular weight excluding hydrogens is 828 g/mol. The smallest absolute Gasteiger partial charge is 0.266 e. The average molecular weight is 853 g/mol. The van der Waals surface area contributed by atoms with Gasteiger partial charge in [0.05, 0.1) is 22.5 Å². The van der Waals surface area contributed by atoms with Crippen molar-refractivity contribution in [1.29, 1.82) is 0 Å². The number of benzene rings is 9. The van der Waals surface area contributed by atoms with Gasteiger partial charge >= 0.3 is 0 Å². The van der Waals surface area contributed by atoms with Crippen molar-refractivity contribution in [2.75, 3.05) is 9.80 Å². The Morgan fingerprint density at radius 3 is 1.09 bits per heavy atom. The number of carbonyl (C=O) groups excluding carboxylic acids is 4. The molecule has 0 radical (unpaired) electrons. The molecule has 0 saturated carbocycles. The highest BCUT2D eigenvalue weighted by molar-refractivity contribution is 9.11. The van der Waals surface area contributed by atoms with Crippen LogP contribution >= 0.6 is 31.9 Å². The summed E-state index contributed by atoms with van der Waals surface area (Å²) in [5.41, 5.74) is 6.65. The highest BCUT2D eigenvalue weighted by Gasteiger charge is 2.39. The van der Waals surface area contributed by atoms with Gasteiger partial charge in [-0.05, 0) is 86.9 Å². The molecule has 0 atom stereocenters. The zero-order valence-corrected chi connectivity index (χ0v) is 32.3. The van der Waals surface area contributed by atoms with Crippen LogP contribution in [-0.4, -0.2) is 23.6 Å². The summed E-state index contributed by atoms with van der Waals surface area (Å²) in [6.07, 6.45) is 0. The Kier molecular flexibility index (Phi) is 7.06. The number of rotatable bonds is 4. The van der Waals surface area contributed by atoms with Crippen molar-refractivity contribution >= 4 is 110 Å². The van der Waals surface area contributed by atoms with E-state index < -0.39 is 23.6 Å². The van der Waals surface area contributed by atoms with Gasteiger partial charge in [-0.25, -0.2) is 9.80 Å². The van der Waals surface area contributed by atoms with Crippen molar-refractivity contribution in [1.82, 2.24) is 0 Å². The molecule has 264 valence electrons. The first-order valence-electron chi connectivity index (χ1n) is 18.0. The van der Waals surface area contributed by atoms with Gasteiger partial charge in [-0.15, -0.1) is 0 Å². The van der Waals surface area contributed by atoms with Gasteiger partial charge < -0.3 is 0 Å². The van der Waals surface area contributed by atoms with Crippen LogP contribution in [0.25, 0.3) is 65.3 Å². The van der Waals surface area contributed by atoms with Crippen molar-refractivity contribution in [2.45, 2.75) is 0 Å². The molecule has 4 amide bonds. The Bertz CT molecular complexity index is 3090. The lowest BCUT2D eigenvalue weighted by atomic mass is 9.82. The van der Waals surface area contributed by atoms with Crippen LogP contribution in [0.15, 0.2) is 155 Å². The predicted molar refractivity (Wildman–Crippen MR) is 229 cm³/mol. The summed E-state index contributed by atoms with van der Waals surface area (Å²) in [5.74, 6) is -1.64. The third-order valence-corrected chi connectivity index (χ3v) is 12.5. The molecule has 0 bridgehead atoms. The van der Waals surface area contributed by atoms with E-state index in [4.69, 9.17) is 0 Å². The normalized spacial score (nSPS) is 14.0. The summed E-state index contributed by atoms with van der Waals surface area (Å²) in [6, 6.07) is 45.7. The van der Waals surface area contributed by atoms with E-state index in [1.165, 1.54) is 9.80 Å². The van der Waals surface area contributed by atoms with Crippen LogP contribution in [0.4, 0.5) is 11.4 Å². The molecule has 2 aliphatic heterocycles. The van der Waals surface area contributed by atoms with Crippen LogP contribution in [0.1, 0.15) is 41.4 Å². The molecule has 0 spiro atoms. The molecule has 0 aromatic heterocycles. The first kappa shape index (κ1) is 32.9. The minimum atomic E-state index is -0.417. The van der Waals surface area contributed by atoms with Crippen molar-refractivity contribution in [3.05, 3.63) is 177 Å². The second-order valence-corrected chi connectivity index (χ2v) is 15.8. The largest absolute Gasteiger partial charge is 0.268 e. The maximum Gasteiger partial charge on any atom is 0.266 e. The van der Waals surface area contributed by atoms with E-state index in [-0.39, 0.29) is 0 Å². The lowest BCUT2D eigenvalue weighted by molar-refractivity contribution is 0.0877. The first-order valence-corrected chi connectivity index (χ1v) is 19.6. The van der Waals surface area contributed by atoms with Gasteiger partial charge in [0.1, 0.15) is 0 Å². The summed E-state index contributed by atoms with van der Waals surface area (Å²) in [6.45, 7) is 0. The van der Waals surface area contributed by atoms with Crippen LogP contribution in [-0.2, 0) is 0 Å². The zero-order valence-electron chi connectivity index (χ0n) is 29.1. The Hall–Kier alpha value is -6.48. The number of nitrogens with zero attached hydrogens (tertiary/aromatic N) is 2. The Morgan fingerprint density at radius 2 is 0.679 bits per heavy atom. The molecule has 2 aliphatic rings. The lowest BCUT2D eigenvalue weighted by Gasteiger charge is -2.31. The number of anilines is 2. The molecule has 0 aliphatic carbocycles. The number of fused-ring (bicyclic) bond motifs is 2. The minimum Gasteiger partial charge on any atom is -0.268 e. The van der Waals surface area contributed by atoms with E-state index in [0.29, 0.717) is 53.3 Å². The number of imide groups is 2. The standard InChI is InChI=1S/C48H24Br2N2O4/c49-37-23-35-41-36(48(56)52(47(35)55)30-17-13-28(14-18-30)26-9-5-2-6-10-26)24-38(50)43-32-20-22-34-40-33(21-19-31(39(32)40)42(37)44(41)43)45(53)51(46(34)54)29-15-11-27(12-16-29)25-7-3-1-4-8-25/h1-24H. The topological polar surface area (TPSA) is 74.8 Å². The highest BCUT2D eigenvalue weighted by Crippen LogP contribution is 2.51. The van der Waals surface area contributed by atoms with E-state index in [1.54, 1.807) is 48.5 Å². The van der Waals surface area contributed by atoms with Crippen molar-refractivity contribution in [3.63, 3.8) is 0 Å². The van der Waals surface area contributed by atoms with Gasteiger partial charge in [0.2, 0.25) is 0 Å². The quantitative estimate of drug-likeness (QED) is 0.100. The predicted octanol–water partition coefficient (Wildman–Crippen LogP) is 12.2. The molecule has 0 fully saturated rings. The van der Waals surface area contributed by atoms with Crippen molar-refractivity contribution in [2.24, 2.45) is 0 Å². The van der Waals surface area contributed by atoms with Crippen LogP contribution in [0.5, 0.6) is 0 Å². The van der Waals surface area contributed by atoms with Crippen LogP contribution in [0.2, 0.25) is 0 Å². The lowest BCUT2D eigenvalue weighted by Crippen LogP contribution is -2.40. The Morgan fingerprint density at radius 1 is 0.321 bits per heavy atom. The molecule has 2 heterocycles. The van der Waals surface area contributed by atoms with E-state index in [1.807, 2.05) is 97.1 Å². The summed E-state index contributed by atoms with van der Waals surface area (Å²) in [4.78, 5) is 60.0. The fraction of sp³-hybridized carbons (Fsp3) is 0. The minimum absolute atomic E-state index is 0.402. The van der Waals surface area contributed by atoms with Gasteiger partial charge in [0.15, 0.2) is 0 Å². The number of amides is 4. The van der Waals surface area contributed by atoms with E-state index >= 15 is 0 Å². The number of hydrogen-bond donors (Lipinski definition) is 0. The summed E-state index contributed by atoms with van der Waals surface area (Å²) in [5, 5.41) is 5.86. The molecule has 6 nitrogen and oxygen atoms in total. The third kappa shape index (κ3) is 4.48. The van der Waals surface area contributed by atoms with Gasteiger partial charge in [-0.3, -0.25) is 19.2 Å². The van der Waals surface area contributed by atoms with Gasteiger partial charge in [-0.2, -0.15) is 0 Å². The molecule has 9 aromatic rings. The SMILES string of the molecule is O=C1c2ccc3c4c(Br)cc5c6c(cc(Br)c(c7ccc(c2c37)C(=O)N1c1ccc(-c2ccccc2)cc1)c64)C(=O)N(c1ccc(-c2ccccc2)cc1)C5=O. The van der Waals surface area contributed by atoms with Gasteiger partial charge in [-0.1, -0.05) is 129 Å². The number of carbonyl (C=O) groups is 4. The second kappa shape index (κ2) is 12.0. The fourth-order valence-corrected chi connectivity index (χ4v) is 9.99. The molecule has 0 unspecified atom stereocenters. The van der Waals surface area contributed by atoms with E-state index in [2.05, 4.69) is 31.9 Å². The first-order chi connectivity index (χ1) is 27.3. The molecule has 8 heteroatoms. The maximum atomic E-state index is 14.4.